The summed E-state index contributed by atoms with van der Waals surface area (Å²) in [4.78, 5) is 16.5. The number of anilines is 1. The highest BCUT2D eigenvalue weighted by atomic mass is 16.5. The van der Waals surface area contributed by atoms with Crippen LogP contribution < -0.4 is 15.4 Å². The molecule has 0 aliphatic rings. The van der Waals surface area contributed by atoms with Crippen LogP contribution in [0.3, 0.4) is 0 Å². The number of aryl methyl sites for hydroxylation is 1. The minimum absolute atomic E-state index is 0.173. The van der Waals surface area contributed by atoms with Crippen molar-refractivity contribution in [3.8, 4) is 5.75 Å². The quantitative estimate of drug-likeness (QED) is 0.888. The average Bonchev–Trinajstić information content (AvgIpc) is 2.91. The minimum Gasteiger partial charge on any atom is -0.495 e. The third-order valence-corrected chi connectivity index (χ3v) is 3.33. The number of nitrogens with zero attached hydrogens (tertiary/aromatic N) is 3. The molecule has 0 bridgehead atoms. The Balaban J connectivity index is 2.11. The van der Waals surface area contributed by atoms with Crippen LogP contribution in [0, 0.1) is 5.92 Å². The first-order chi connectivity index (χ1) is 10.5. The zero-order valence-electron chi connectivity index (χ0n) is 13.2. The number of amides is 2. The number of aromatic nitrogens is 3. The number of carbonyl (C=O) groups excluding carboxylic acids is 1. The van der Waals surface area contributed by atoms with E-state index in [1.54, 1.807) is 31.0 Å². The summed E-state index contributed by atoms with van der Waals surface area (Å²) in [5.74, 6) is 1.49. The van der Waals surface area contributed by atoms with Gasteiger partial charge in [-0.15, -0.1) is 0 Å². The first-order valence-electron chi connectivity index (χ1n) is 7.07. The van der Waals surface area contributed by atoms with E-state index in [0.29, 0.717) is 17.3 Å². The van der Waals surface area contributed by atoms with Gasteiger partial charge in [-0.3, -0.25) is 4.68 Å². The predicted octanol–water partition coefficient (Wildman–Crippen LogP) is 2.34. The van der Waals surface area contributed by atoms with E-state index in [0.717, 1.165) is 0 Å². The minimum atomic E-state index is -0.314. The zero-order valence-corrected chi connectivity index (χ0v) is 13.2. The van der Waals surface area contributed by atoms with Crippen molar-refractivity contribution in [2.45, 2.75) is 19.9 Å². The lowest BCUT2D eigenvalue weighted by Crippen LogP contribution is -2.36. The maximum Gasteiger partial charge on any atom is 0.319 e. The van der Waals surface area contributed by atoms with E-state index in [-0.39, 0.29) is 18.0 Å². The Morgan fingerprint density at radius 2 is 2.05 bits per heavy atom. The molecule has 1 aromatic carbocycles. The molecule has 7 heteroatoms. The molecule has 1 heterocycles. The molecule has 0 saturated heterocycles. The average molecular weight is 303 g/mol. The van der Waals surface area contributed by atoms with Gasteiger partial charge < -0.3 is 15.4 Å². The molecule has 2 N–H and O–H groups in total. The molecule has 0 spiro atoms. The highest BCUT2D eigenvalue weighted by Crippen LogP contribution is 2.24. The van der Waals surface area contributed by atoms with E-state index in [9.17, 15) is 4.79 Å². The molecular weight excluding hydrogens is 282 g/mol. The first-order valence-corrected chi connectivity index (χ1v) is 7.07. The Hall–Kier alpha value is -2.57. The summed E-state index contributed by atoms with van der Waals surface area (Å²) in [5, 5.41) is 9.78. The number of para-hydroxylation sites is 2. The molecule has 0 unspecified atom stereocenters. The second-order valence-corrected chi connectivity index (χ2v) is 5.26. The normalized spacial score (nSPS) is 12.0. The summed E-state index contributed by atoms with van der Waals surface area (Å²) < 4.78 is 6.88. The maximum absolute atomic E-state index is 12.3. The summed E-state index contributed by atoms with van der Waals surface area (Å²) in [7, 11) is 3.37. The van der Waals surface area contributed by atoms with Gasteiger partial charge in [0.1, 0.15) is 17.9 Å². The highest BCUT2D eigenvalue weighted by molar-refractivity contribution is 5.91. The van der Waals surface area contributed by atoms with Crippen molar-refractivity contribution in [2.24, 2.45) is 13.0 Å². The molecule has 1 atom stereocenters. The SMILES string of the molecule is COc1ccccc1NC(=O)N[C@H](c1ncnn1C)C(C)C. The van der Waals surface area contributed by atoms with E-state index in [4.69, 9.17) is 4.74 Å². The second-order valence-electron chi connectivity index (χ2n) is 5.26. The van der Waals surface area contributed by atoms with E-state index in [2.05, 4.69) is 20.7 Å². The van der Waals surface area contributed by atoms with Crippen LogP contribution in [0.2, 0.25) is 0 Å². The van der Waals surface area contributed by atoms with Crippen LogP contribution in [0.1, 0.15) is 25.7 Å². The Bertz CT molecular complexity index is 638. The molecule has 0 aliphatic carbocycles. The molecule has 7 nitrogen and oxygen atoms in total. The van der Waals surface area contributed by atoms with Gasteiger partial charge in [0, 0.05) is 7.05 Å². The van der Waals surface area contributed by atoms with Crippen molar-refractivity contribution in [3.63, 3.8) is 0 Å². The molecule has 2 aromatic rings. The number of nitrogens with one attached hydrogen (secondary N) is 2. The third-order valence-electron chi connectivity index (χ3n) is 3.33. The Kier molecular flexibility index (Phi) is 4.98. The topological polar surface area (TPSA) is 81.1 Å². The Morgan fingerprint density at radius 1 is 1.32 bits per heavy atom. The lowest BCUT2D eigenvalue weighted by Gasteiger charge is -2.22. The number of hydrogen-bond donors (Lipinski definition) is 2. The smallest absolute Gasteiger partial charge is 0.319 e. The molecule has 22 heavy (non-hydrogen) atoms. The van der Waals surface area contributed by atoms with E-state index in [1.807, 2.05) is 26.0 Å². The van der Waals surface area contributed by atoms with Crippen LogP contribution in [0.4, 0.5) is 10.5 Å². The zero-order chi connectivity index (χ0) is 16.1. The number of rotatable bonds is 5. The fraction of sp³-hybridized carbons (Fsp3) is 0.400. The maximum atomic E-state index is 12.3. The molecule has 0 fully saturated rings. The fourth-order valence-electron chi connectivity index (χ4n) is 2.16. The van der Waals surface area contributed by atoms with Crippen molar-refractivity contribution in [2.75, 3.05) is 12.4 Å². The monoisotopic (exact) mass is 303 g/mol. The molecule has 2 rings (SSSR count). The van der Waals surface area contributed by atoms with Gasteiger partial charge in [-0.1, -0.05) is 26.0 Å². The Labute approximate surface area is 129 Å². The number of urea groups is 1. The predicted molar refractivity (Wildman–Crippen MR) is 83.7 cm³/mol. The molecule has 0 aliphatic heterocycles. The van der Waals surface area contributed by atoms with Gasteiger partial charge in [0.25, 0.3) is 0 Å². The van der Waals surface area contributed by atoms with Gasteiger partial charge in [-0.05, 0) is 18.1 Å². The van der Waals surface area contributed by atoms with Crippen LogP contribution in [0.15, 0.2) is 30.6 Å². The molecule has 1 aromatic heterocycles. The largest absolute Gasteiger partial charge is 0.495 e. The first kappa shape index (κ1) is 15.8. The van der Waals surface area contributed by atoms with Crippen LogP contribution in [0.25, 0.3) is 0 Å². The second kappa shape index (κ2) is 6.93. The van der Waals surface area contributed by atoms with Gasteiger partial charge in [-0.25, -0.2) is 9.78 Å². The number of hydrogen-bond acceptors (Lipinski definition) is 4. The van der Waals surface area contributed by atoms with Gasteiger partial charge in [-0.2, -0.15) is 5.10 Å². The number of benzene rings is 1. The van der Waals surface area contributed by atoms with Crippen LogP contribution >= 0.6 is 0 Å². The summed E-state index contributed by atoms with van der Waals surface area (Å²) in [6.45, 7) is 4.03. The van der Waals surface area contributed by atoms with Crippen molar-refractivity contribution in [3.05, 3.63) is 36.4 Å². The van der Waals surface area contributed by atoms with E-state index < -0.39 is 0 Å². The van der Waals surface area contributed by atoms with E-state index in [1.165, 1.54) is 6.33 Å². The van der Waals surface area contributed by atoms with Crippen LogP contribution in [0.5, 0.6) is 5.75 Å². The highest BCUT2D eigenvalue weighted by Gasteiger charge is 2.22. The van der Waals surface area contributed by atoms with Gasteiger partial charge in [0.15, 0.2) is 0 Å². The van der Waals surface area contributed by atoms with Gasteiger partial charge in [0.05, 0.1) is 18.8 Å². The standard InChI is InChI=1S/C15H21N5O2/c1-10(2)13(14-16-9-17-20(14)3)19-15(21)18-11-7-5-6-8-12(11)22-4/h5-10,13H,1-4H3,(H2,18,19,21)/t13-/m0/s1. The Morgan fingerprint density at radius 3 is 2.64 bits per heavy atom. The summed E-state index contributed by atoms with van der Waals surface area (Å²) in [6.07, 6.45) is 1.48. The van der Waals surface area contributed by atoms with Crippen molar-refractivity contribution >= 4 is 11.7 Å². The molecule has 0 radical (unpaired) electrons. The third kappa shape index (κ3) is 3.55. The van der Waals surface area contributed by atoms with E-state index >= 15 is 0 Å². The fourth-order valence-corrected chi connectivity index (χ4v) is 2.16. The number of carbonyl (C=O) groups is 1. The molecule has 2 amide bonds. The van der Waals surface area contributed by atoms with Crippen LogP contribution in [-0.4, -0.2) is 27.9 Å². The van der Waals surface area contributed by atoms with Gasteiger partial charge >= 0.3 is 6.03 Å². The molecular formula is C15H21N5O2. The summed E-state index contributed by atoms with van der Waals surface area (Å²) in [5.41, 5.74) is 0.614. The number of methoxy groups -OCH3 is 1. The lowest BCUT2D eigenvalue weighted by molar-refractivity contribution is 0.243. The van der Waals surface area contributed by atoms with Gasteiger partial charge in [0.2, 0.25) is 0 Å². The van der Waals surface area contributed by atoms with Crippen molar-refractivity contribution in [1.29, 1.82) is 0 Å². The van der Waals surface area contributed by atoms with Crippen LogP contribution in [-0.2, 0) is 7.05 Å². The lowest BCUT2D eigenvalue weighted by atomic mass is 10.0. The summed E-state index contributed by atoms with van der Waals surface area (Å²) in [6, 6.07) is 6.70. The van der Waals surface area contributed by atoms with Crippen molar-refractivity contribution in [1.82, 2.24) is 20.1 Å². The summed E-state index contributed by atoms with van der Waals surface area (Å²) >= 11 is 0. The number of ether oxygens (including phenoxy) is 1. The van der Waals surface area contributed by atoms with Crippen molar-refractivity contribution < 1.29 is 9.53 Å². The molecule has 0 saturated carbocycles. The molecule has 118 valence electrons.